The number of nitrogens with zero attached hydrogens (tertiary/aromatic N) is 1. The lowest BCUT2D eigenvalue weighted by atomic mass is 10.0. The van der Waals surface area contributed by atoms with Crippen LogP contribution >= 0.6 is 8.60 Å². The maximum Gasteiger partial charge on any atom is 0.329 e. The van der Waals surface area contributed by atoms with Crippen LogP contribution in [0.2, 0.25) is 0 Å². The molecule has 40 heavy (non-hydrogen) atoms. The third-order valence-electron chi connectivity index (χ3n) is 6.83. The van der Waals surface area contributed by atoms with Crippen LogP contribution in [0.3, 0.4) is 0 Å². The van der Waals surface area contributed by atoms with Gasteiger partial charge in [0.25, 0.3) is 0 Å². The van der Waals surface area contributed by atoms with Crippen molar-refractivity contribution in [1.82, 2.24) is 0 Å². The second-order valence-electron chi connectivity index (χ2n) is 11.9. The molecule has 1 aromatic rings. The summed E-state index contributed by atoms with van der Waals surface area (Å²) in [4.78, 5) is 21.7. The number of carbonyl (C=O) groups excluding carboxylic acids is 1. The van der Waals surface area contributed by atoms with Gasteiger partial charge >= 0.3 is 14.6 Å². The lowest BCUT2D eigenvalue weighted by molar-refractivity contribution is -0.870. The molecule has 2 atom stereocenters. The summed E-state index contributed by atoms with van der Waals surface area (Å²) in [6, 6.07) is 8.05. The van der Waals surface area contributed by atoms with E-state index in [-0.39, 0.29) is 13.2 Å². The van der Waals surface area contributed by atoms with Crippen molar-refractivity contribution in [2.75, 3.05) is 47.5 Å². The van der Waals surface area contributed by atoms with Crippen LogP contribution in [0.15, 0.2) is 24.3 Å². The van der Waals surface area contributed by atoms with Gasteiger partial charge < -0.3 is 27.9 Å². The molecule has 0 aliphatic carbocycles. The standard InChI is InChI=1S/C32H59NO6P/c1-6-7-8-9-10-11-12-13-14-15-16-17-22-30-23-18-19-24-32(30)36-27-31(39-29(2)34)28-38-40(35)37-26-21-20-25-33(3,4)5/h18-19,23-24,31,35H,6-17,20-22,25-28H2,1-5H3/q+1. The molecule has 1 aromatic carbocycles. The Hall–Kier alpha value is -1.24. The largest absolute Gasteiger partial charge is 0.489 e. The molecule has 1 rings (SSSR count). The molecule has 0 saturated carbocycles. The minimum absolute atomic E-state index is 0.0154. The molecule has 0 bridgehead atoms. The first kappa shape index (κ1) is 36.8. The predicted molar refractivity (Wildman–Crippen MR) is 165 cm³/mol. The van der Waals surface area contributed by atoms with Crippen molar-refractivity contribution in [2.45, 2.75) is 116 Å². The number of hydrogen-bond acceptors (Lipinski definition) is 6. The highest BCUT2D eigenvalue weighted by Crippen LogP contribution is 2.33. The number of aryl methyl sites for hydroxylation is 1. The number of carbonyl (C=O) groups is 1. The Bertz CT molecular complexity index is 757. The van der Waals surface area contributed by atoms with E-state index in [1.807, 2.05) is 18.2 Å². The van der Waals surface area contributed by atoms with Crippen molar-refractivity contribution >= 4 is 14.6 Å². The molecule has 0 spiro atoms. The van der Waals surface area contributed by atoms with Crippen molar-refractivity contribution < 1.29 is 32.7 Å². The Labute approximate surface area is 246 Å². The number of benzene rings is 1. The molecule has 0 fully saturated rings. The predicted octanol–water partition coefficient (Wildman–Crippen LogP) is 7.98. The first-order valence-corrected chi connectivity index (χ1v) is 16.8. The number of rotatable bonds is 26. The molecule has 0 aromatic heterocycles. The molecule has 0 radical (unpaired) electrons. The number of hydrogen-bond donors (Lipinski definition) is 1. The molecule has 0 amide bonds. The van der Waals surface area contributed by atoms with Crippen molar-refractivity contribution in [1.29, 1.82) is 0 Å². The van der Waals surface area contributed by atoms with Crippen LogP contribution in [0, 0.1) is 0 Å². The van der Waals surface area contributed by atoms with Gasteiger partial charge in [0.2, 0.25) is 0 Å². The van der Waals surface area contributed by atoms with Crippen LogP contribution in [0.25, 0.3) is 0 Å². The summed E-state index contributed by atoms with van der Waals surface area (Å²) in [7, 11) is 4.43. The summed E-state index contributed by atoms with van der Waals surface area (Å²) < 4.78 is 23.2. The van der Waals surface area contributed by atoms with Crippen LogP contribution in [-0.4, -0.2) is 69.0 Å². The second-order valence-corrected chi connectivity index (χ2v) is 12.9. The van der Waals surface area contributed by atoms with Gasteiger partial charge in [-0.1, -0.05) is 95.8 Å². The maximum absolute atomic E-state index is 11.6. The molecule has 232 valence electrons. The fraction of sp³-hybridized carbons (Fsp3) is 0.781. The van der Waals surface area contributed by atoms with Gasteiger partial charge in [-0.15, -0.1) is 0 Å². The summed E-state index contributed by atoms with van der Waals surface area (Å²) in [5.74, 6) is 0.396. The normalized spacial score (nSPS) is 13.2. The Kier molecular flexibility index (Phi) is 21.5. The molecule has 0 heterocycles. The minimum atomic E-state index is -2.03. The average Bonchev–Trinajstić information content (AvgIpc) is 2.90. The quantitative estimate of drug-likeness (QED) is 0.0515. The topological polar surface area (TPSA) is 74.2 Å². The lowest BCUT2D eigenvalue weighted by Gasteiger charge is -2.23. The lowest BCUT2D eigenvalue weighted by Crippen LogP contribution is -2.35. The van der Waals surface area contributed by atoms with E-state index in [1.54, 1.807) is 0 Å². The molecular weight excluding hydrogens is 525 g/mol. The van der Waals surface area contributed by atoms with Gasteiger partial charge in [0.05, 0.1) is 40.9 Å². The molecule has 8 heteroatoms. The van der Waals surface area contributed by atoms with Gasteiger partial charge in [0.1, 0.15) is 12.4 Å². The molecule has 7 nitrogen and oxygen atoms in total. The number of ether oxygens (including phenoxy) is 2. The smallest absolute Gasteiger partial charge is 0.329 e. The Morgan fingerprint density at radius 2 is 1.43 bits per heavy atom. The van der Waals surface area contributed by atoms with E-state index in [9.17, 15) is 9.69 Å². The molecule has 0 aliphatic rings. The van der Waals surface area contributed by atoms with Crippen molar-refractivity contribution in [3.8, 4) is 5.75 Å². The Morgan fingerprint density at radius 3 is 2.02 bits per heavy atom. The van der Waals surface area contributed by atoms with Crippen LogP contribution in [0.1, 0.15) is 109 Å². The van der Waals surface area contributed by atoms with Gasteiger partial charge in [0, 0.05) is 6.92 Å². The molecule has 0 aliphatic heterocycles. The van der Waals surface area contributed by atoms with E-state index >= 15 is 0 Å². The fourth-order valence-electron chi connectivity index (χ4n) is 4.56. The van der Waals surface area contributed by atoms with E-state index in [0.29, 0.717) is 6.61 Å². The highest BCUT2D eigenvalue weighted by Gasteiger charge is 2.18. The number of quaternary nitrogens is 1. The number of esters is 1. The average molecular weight is 585 g/mol. The number of unbranched alkanes of at least 4 members (excludes halogenated alkanes) is 12. The summed E-state index contributed by atoms with van der Waals surface area (Å²) in [5.41, 5.74) is 1.17. The maximum atomic E-state index is 11.6. The zero-order valence-electron chi connectivity index (χ0n) is 26.2. The van der Waals surface area contributed by atoms with E-state index in [2.05, 4.69) is 34.1 Å². The van der Waals surface area contributed by atoms with Gasteiger partial charge in [-0.2, -0.15) is 0 Å². The van der Waals surface area contributed by atoms with Crippen LogP contribution < -0.4 is 4.74 Å². The van der Waals surface area contributed by atoms with Crippen LogP contribution in [0.4, 0.5) is 0 Å². The van der Waals surface area contributed by atoms with Gasteiger partial charge in [0.15, 0.2) is 6.10 Å². The van der Waals surface area contributed by atoms with E-state index < -0.39 is 20.7 Å². The zero-order valence-corrected chi connectivity index (χ0v) is 27.1. The summed E-state index contributed by atoms with van der Waals surface area (Å²) in [6.07, 6.45) is 18.2. The highest BCUT2D eigenvalue weighted by atomic mass is 31.2. The summed E-state index contributed by atoms with van der Waals surface area (Å²) in [6.45, 7) is 5.28. The van der Waals surface area contributed by atoms with Crippen LogP contribution in [-0.2, 0) is 25.0 Å². The Morgan fingerprint density at radius 1 is 0.825 bits per heavy atom. The monoisotopic (exact) mass is 584 g/mol. The first-order chi connectivity index (χ1) is 19.2. The first-order valence-electron chi connectivity index (χ1n) is 15.6. The second kappa shape index (κ2) is 23.3. The van der Waals surface area contributed by atoms with E-state index in [4.69, 9.17) is 18.5 Å². The summed E-state index contributed by atoms with van der Waals surface area (Å²) in [5, 5.41) is 0. The Balaban J connectivity index is 2.30. The van der Waals surface area contributed by atoms with Gasteiger partial charge in [-0.25, -0.2) is 0 Å². The van der Waals surface area contributed by atoms with Crippen molar-refractivity contribution in [2.24, 2.45) is 0 Å². The van der Waals surface area contributed by atoms with E-state index in [0.717, 1.165) is 42.5 Å². The molecular formula is C32H59NO6P+. The van der Waals surface area contributed by atoms with E-state index in [1.165, 1.54) is 83.1 Å². The molecule has 0 saturated heterocycles. The summed E-state index contributed by atoms with van der Waals surface area (Å²) >= 11 is 0. The van der Waals surface area contributed by atoms with Crippen molar-refractivity contribution in [3.63, 3.8) is 0 Å². The van der Waals surface area contributed by atoms with Crippen LogP contribution in [0.5, 0.6) is 5.75 Å². The number of para-hydroxylation sites is 1. The zero-order chi connectivity index (χ0) is 29.5. The van der Waals surface area contributed by atoms with Crippen molar-refractivity contribution in [3.05, 3.63) is 29.8 Å². The highest BCUT2D eigenvalue weighted by molar-refractivity contribution is 7.40. The fourth-order valence-corrected chi connectivity index (χ4v) is 5.21. The van der Waals surface area contributed by atoms with Gasteiger partial charge in [-0.05, 0) is 37.3 Å². The SMILES string of the molecule is CCCCCCCCCCCCCCc1ccccc1OCC(COP(O)OCCCC[N+](C)(C)C)OC(C)=O. The minimum Gasteiger partial charge on any atom is -0.489 e. The third-order valence-corrected chi connectivity index (χ3v) is 7.60. The van der Waals surface area contributed by atoms with Gasteiger partial charge in [-0.3, -0.25) is 4.79 Å². The third kappa shape index (κ3) is 21.5. The molecule has 2 unspecified atom stereocenters. The molecule has 1 N–H and O–H groups in total.